The molecule has 1 fully saturated rings. The van der Waals surface area contributed by atoms with Crippen LogP contribution in [0.3, 0.4) is 0 Å². The summed E-state index contributed by atoms with van der Waals surface area (Å²) in [6.07, 6.45) is 4.02. The Kier molecular flexibility index (Phi) is 2.61. The van der Waals surface area contributed by atoms with Crippen LogP contribution in [0.1, 0.15) is 17.9 Å². The summed E-state index contributed by atoms with van der Waals surface area (Å²) in [5.41, 5.74) is 0.808. The maximum absolute atomic E-state index is 10.3. The first-order valence-corrected chi connectivity index (χ1v) is 5.87. The van der Waals surface area contributed by atoms with Crippen molar-refractivity contribution in [1.29, 1.82) is 0 Å². The minimum absolute atomic E-state index is 0.277. The molecule has 94 valence electrons. The van der Waals surface area contributed by atoms with E-state index in [4.69, 9.17) is 4.52 Å². The highest BCUT2D eigenvalue weighted by Crippen LogP contribution is 2.28. The molecule has 6 nitrogen and oxygen atoms in total. The van der Waals surface area contributed by atoms with Gasteiger partial charge in [-0.25, -0.2) is 0 Å². The number of hydrogen-bond acceptors (Lipinski definition) is 6. The van der Waals surface area contributed by atoms with Crippen LogP contribution in [-0.4, -0.2) is 33.3 Å². The Bertz CT molecular complexity index is 561. The maximum atomic E-state index is 10.3. The summed E-state index contributed by atoms with van der Waals surface area (Å²) in [5, 5.41) is 17.3. The van der Waals surface area contributed by atoms with Crippen LogP contribution >= 0.6 is 0 Å². The molecule has 1 aliphatic heterocycles. The second-order valence-corrected chi connectivity index (χ2v) is 4.57. The van der Waals surface area contributed by atoms with E-state index in [1.54, 1.807) is 12.4 Å². The van der Waals surface area contributed by atoms with Crippen molar-refractivity contribution in [3.63, 3.8) is 0 Å². The standard InChI is InChI=1S/C12H14N4O2/c1-8-6-13-4-2-9(8)10-15-11(18-16-10)12(17)3-5-14-7-12/h2,4,6,14,17H,3,5,7H2,1H3. The highest BCUT2D eigenvalue weighted by atomic mass is 16.5. The Labute approximate surface area is 104 Å². The van der Waals surface area contributed by atoms with Crippen molar-refractivity contribution in [2.24, 2.45) is 0 Å². The van der Waals surface area contributed by atoms with Gasteiger partial charge in [0.25, 0.3) is 5.89 Å². The maximum Gasteiger partial charge on any atom is 0.260 e. The summed E-state index contributed by atoms with van der Waals surface area (Å²) < 4.78 is 5.19. The van der Waals surface area contributed by atoms with Crippen LogP contribution in [0.4, 0.5) is 0 Å². The van der Waals surface area contributed by atoms with E-state index in [2.05, 4.69) is 20.4 Å². The highest BCUT2D eigenvalue weighted by molar-refractivity contribution is 5.58. The molecule has 2 aromatic heterocycles. The molecule has 0 aliphatic carbocycles. The van der Waals surface area contributed by atoms with Gasteiger partial charge in [0, 0.05) is 24.5 Å². The fourth-order valence-corrected chi connectivity index (χ4v) is 2.11. The number of rotatable bonds is 2. The molecule has 1 aliphatic rings. The zero-order valence-electron chi connectivity index (χ0n) is 10.1. The molecule has 0 radical (unpaired) electrons. The van der Waals surface area contributed by atoms with Gasteiger partial charge in [-0.2, -0.15) is 4.98 Å². The number of hydrogen-bond donors (Lipinski definition) is 2. The second kappa shape index (κ2) is 4.15. The summed E-state index contributed by atoms with van der Waals surface area (Å²) >= 11 is 0. The number of aliphatic hydroxyl groups is 1. The molecule has 1 saturated heterocycles. The molecular weight excluding hydrogens is 232 g/mol. The largest absolute Gasteiger partial charge is 0.379 e. The lowest BCUT2D eigenvalue weighted by atomic mass is 10.0. The molecule has 1 unspecified atom stereocenters. The first-order chi connectivity index (χ1) is 8.69. The smallest absolute Gasteiger partial charge is 0.260 e. The third-order valence-corrected chi connectivity index (χ3v) is 3.22. The van der Waals surface area contributed by atoms with Gasteiger partial charge in [-0.1, -0.05) is 5.16 Å². The van der Waals surface area contributed by atoms with Crippen LogP contribution in [0, 0.1) is 6.92 Å². The van der Waals surface area contributed by atoms with Gasteiger partial charge in [-0.05, 0) is 31.5 Å². The molecule has 0 saturated carbocycles. The lowest BCUT2D eigenvalue weighted by Crippen LogP contribution is -2.28. The van der Waals surface area contributed by atoms with E-state index in [1.165, 1.54) is 0 Å². The lowest BCUT2D eigenvalue weighted by Gasteiger charge is -2.14. The van der Waals surface area contributed by atoms with Crippen LogP contribution < -0.4 is 5.32 Å². The number of nitrogens with one attached hydrogen (secondary N) is 1. The molecule has 0 spiro atoms. The van der Waals surface area contributed by atoms with Crippen LogP contribution in [0.2, 0.25) is 0 Å². The summed E-state index contributed by atoms with van der Waals surface area (Å²) in [5.74, 6) is 0.768. The van der Waals surface area contributed by atoms with E-state index in [0.29, 0.717) is 18.8 Å². The molecule has 18 heavy (non-hydrogen) atoms. The zero-order chi connectivity index (χ0) is 12.6. The minimum Gasteiger partial charge on any atom is -0.379 e. The van der Waals surface area contributed by atoms with Crippen LogP contribution in [-0.2, 0) is 5.60 Å². The average Bonchev–Trinajstić information content (AvgIpc) is 2.99. The van der Waals surface area contributed by atoms with Gasteiger partial charge in [0.2, 0.25) is 5.82 Å². The molecule has 6 heteroatoms. The van der Waals surface area contributed by atoms with Crippen molar-refractivity contribution < 1.29 is 9.63 Å². The Morgan fingerprint density at radius 3 is 3.11 bits per heavy atom. The lowest BCUT2D eigenvalue weighted by molar-refractivity contribution is 0.0243. The van der Waals surface area contributed by atoms with Gasteiger partial charge in [-0.15, -0.1) is 0 Å². The summed E-state index contributed by atoms with van der Waals surface area (Å²) in [4.78, 5) is 8.32. The van der Waals surface area contributed by atoms with Crippen molar-refractivity contribution in [3.05, 3.63) is 29.9 Å². The molecule has 3 rings (SSSR count). The third-order valence-electron chi connectivity index (χ3n) is 3.22. The van der Waals surface area contributed by atoms with Gasteiger partial charge >= 0.3 is 0 Å². The first-order valence-electron chi connectivity index (χ1n) is 5.87. The van der Waals surface area contributed by atoms with E-state index in [9.17, 15) is 5.11 Å². The van der Waals surface area contributed by atoms with E-state index < -0.39 is 5.60 Å². The Hall–Kier alpha value is -1.79. The topological polar surface area (TPSA) is 84.1 Å². The third kappa shape index (κ3) is 1.79. The van der Waals surface area contributed by atoms with Crippen LogP contribution in [0.5, 0.6) is 0 Å². The summed E-state index contributed by atoms with van der Waals surface area (Å²) in [7, 11) is 0. The number of nitrogens with zero attached hydrogens (tertiary/aromatic N) is 3. The van der Waals surface area contributed by atoms with Gasteiger partial charge in [0.05, 0.1) is 0 Å². The molecule has 0 bridgehead atoms. The van der Waals surface area contributed by atoms with Crippen molar-refractivity contribution in [2.75, 3.05) is 13.1 Å². The number of β-amino-alcohol motifs (C(OH)–C–C–N with tert-alkyl or cyclic N) is 1. The Morgan fingerprint density at radius 1 is 1.50 bits per heavy atom. The van der Waals surface area contributed by atoms with E-state index >= 15 is 0 Å². The molecule has 2 N–H and O–H groups in total. The average molecular weight is 246 g/mol. The van der Waals surface area contributed by atoms with Crippen molar-refractivity contribution >= 4 is 0 Å². The van der Waals surface area contributed by atoms with E-state index in [1.807, 2.05) is 13.0 Å². The first kappa shape index (κ1) is 11.3. The van der Waals surface area contributed by atoms with Gasteiger partial charge in [0.15, 0.2) is 5.60 Å². The number of aryl methyl sites for hydroxylation is 1. The van der Waals surface area contributed by atoms with Gasteiger partial charge in [0.1, 0.15) is 0 Å². The molecule has 0 aromatic carbocycles. The summed E-state index contributed by atoms with van der Waals surface area (Å²) in [6.45, 7) is 3.14. The fourth-order valence-electron chi connectivity index (χ4n) is 2.11. The monoisotopic (exact) mass is 246 g/mol. The molecule has 0 amide bonds. The van der Waals surface area contributed by atoms with Gasteiger partial charge in [-0.3, -0.25) is 4.98 Å². The Morgan fingerprint density at radius 2 is 2.39 bits per heavy atom. The predicted octanol–water partition coefficient (Wildman–Crippen LogP) is 0.621. The van der Waals surface area contributed by atoms with Crippen molar-refractivity contribution in [2.45, 2.75) is 18.9 Å². The Balaban J connectivity index is 1.97. The van der Waals surface area contributed by atoms with Crippen molar-refractivity contribution in [1.82, 2.24) is 20.4 Å². The highest BCUT2D eigenvalue weighted by Gasteiger charge is 2.38. The SMILES string of the molecule is Cc1cnccc1-c1noc(C2(O)CCNC2)n1. The second-order valence-electron chi connectivity index (χ2n) is 4.57. The van der Waals surface area contributed by atoms with E-state index in [0.717, 1.165) is 17.7 Å². The van der Waals surface area contributed by atoms with Crippen molar-refractivity contribution in [3.8, 4) is 11.4 Å². The molecule has 3 heterocycles. The molecule has 1 atom stereocenters. The van der Waals surface area contributed by atoms with E-state index in [-0.39, 0.29) is 5.89 Å². The molecular formula is C12H14N4O2. The predicted molar refractivity (Wildman–Crippen MR) is 63.6 cm³/mol. The van der Waals surface area contributed by atoms with Gasteiger partial charge < -0.3 is 14.9 Å². The minimum atomic E-state index is -1.04. The van der Waals surface area contributed by atoms with Crippen LogP contribution in [0.15, 0.2) is 23.0 Å². The normalized spacial score (nSPS) is 23.4. The number of pyridine rings is 1. The summed E-state index contributed by atoms with van der Waals surface area (Å²) in [6, 6.07) is 1.83. The quantitative estimate of drug-likeness (QED) is 0.808. The molecule has 2 aromatic rings. The van der Waals surface area contributed by atoms with Crippen LogP contribution in [0.25, 0.3) is 11.4 Å². The fraction of sp³-hybridized carbons (Fsp3) is 0.417. The zero-order valence-corrected chi connectivity index (χ0v) is 10.1. The number of aromatic nitrogens is 3.